The molecule has 2 atom stereocenters. The highest BCUT2D eigenvalue weighted by Gasteiger charge is 2.31. The second kappa shape index (κ2) is 40.3. The second-order valence-electron chi connectivity index (χ2n) is 17.0. The third-order valence-corrected chi connectivity index (χ3v) is 10.6. The van der Waals surface area contributed by atoms with Gasteiger partial charge in [0, 0.05) is 19.3 Å². The highest BCUT2D eigenvalue weighted by molar-refractivity contribution is 5.72. The Morgan fingerprint density at radius 1 is 0.544 bits per heavy atom. The molecule has 0 bridgehead atoms. The van der Waals surface area contributed by atoms with E-state index in [1.807, 2.05) is 21.1 Å². The summed E-state index contributed by atoms with van der Waals surface area (Å²) in [4.78, 5) is 37.0. The lowest BCUT2D eigenvalue weighted by atomic mass is 10.0. The fourth-order valence-electron chi connectivity index (χ4n) is 6.93. The van der Waals surface area contributed by atoms with Gasteiger partial charge < -0.3 is 23.8 Å². The first-order valence-electron chi connectivity index (χ1n) is 23.5. The average molecular weight is 805 g/mol. The van der Waals surface area contributed by atoms with Crippen LogP contribution in [0.4, 0.5) is 0 Å². The minimum Gasteiger partial charge on any atom is -0.477 e. The molecule has 0 aromatic carbocycles. The molecule has 0 rings (SSSR count). The van der Waals surface area contributed by atoms with E-state index < -0.39 is 18.1 Å². The molecule has 0 radical (unpaired) electrons. The second-order valence-corrected chi connectivity index (χ2v) is 17.0. The van der Waals surface area contributed by atoms with Gasteiger partial charge >= 0.3 is 17.9 Å². The van der Waals surface area contributed by atoms with Crippen molar-refractivity contribution in [3.63, 3.8) is 0 Å². The molecule has 0 saturated carbocycles. The number of unbranched alkanes of at least 4 members (excludes halogenated alkanes) is 22. The van der Waals surface area contributed by atoms with Crippen LogP contribution in [0.2, 0.25) is 0 Å². The third kappa shape index (κ3) is 38.8. The largest absolute Gasteiger partial charge is 0.477 e. The van der Waals surface area contributed by atoms with E-state index in [0.29, 0.717) is 19.3 Å². The SMILES string of the molecule is CC/C=C/C/C=C/C/C=C/CCCCCCCCCCCCC(=O)OC(COCCC(C(=O)O)[N+](C)(C)C)COC(=O)CCCCCCCCCCCCCCC. The van der Waals surface area contributed by atoms with Gasteiger partial charge in [-0.2, -0.15) is 0 Å². The number of esters is 2. The first kappa shape index (κ1) is 54.6. The number of likely N-dealkylation sites (N-methyl/N-ethyl adjacent to an activating group) is 1. The van der Waals surface area contributed by atoms with Crippen LogP contribution in [0.1, 0.15) is 206 Å². The molecule has 57 heavy (non-hydrogen) atoms. The quantitative estimate of drug-likeness (QED) is 0.0284. The van der Waals surface area contributed by atoms with Crippen LogP contribution >= 0.6 is 0 Å². The molecule has 0 fully saturated rings. The highest BCUT2D eigenvalue weighted by Crippen LogP contribution is 2.15. The van der Waals surface area contributed by atoms with Crippen molar-refractivity contribution in [2.24, 2.45) is 0 Å². The Bertz CT molecular complexity index is 1030. The molecule has 0 aliphatic rings. The Morgan fingerprint density at radius 3 is 1.46 bits per heavy atom. The molecule has 0 amide bonds. The number of aliphatic carboxylic acids is 1. The normalized spacial score (nSPS) is 13.2. The van der Waals surface area contributed by atoms with Gasteiger partial charge in [-0.15, -0.1) is 0 Å². The van der Waals surface area contributed by atoms with Crippen LogP contribution in [-0.2, 0) is 28.6 Å². The van der Waals surface area contributed by atoms with Gasteiger partial charge in [-0.05, 0) is 44.9 Å². The fraction of sp³-hybridized carbons (Fsp3) is 0.816. The smallest absolute Gasteiger partial charge is 0.362 e. The van der Waals surface area contributed by atoms with Crippen molar-refractivity contribution in [2.45, 2.75) is 219 Å². The number of nitrogens with zero attached hydrogens (tertiary/aromatic N) is 1. The summed E-state index contributed by atoms with van der Waals surface area (Å²) in [5, 5.41) is 9.63. The lowest BCUT2D eigenvalue weighted by molar-refractivity contribution is -0.887. The van der Waals surface area contributed by atoms with Crippen LogP contribution in [0, 0.1) is 0 Å². The summed E-state index contributed by atoms with van der Waals surface area (Å²) in [6.45, 7) is 4.64. The summed E-state index contributed by atoms with van der Waals surface area (Å²) in [5.74, 6) is -1.46. The fourth-order valence-corrected chi connectivity index (χ4v) is 6.93. The third-order valence-electron chi connectivity index (χ3n) is 10.6. The predicted molar refractivity (Wildman–Crippen MR) is 238 cm³/mol. The first-order valence-corrected chi connectivity index (χ1v) is 23.5. The topological polar surface area (TPSA) is 99.1 Å². The zero-order valence-electron chi connectivity index (χ0n) is 37.8. The van der Waals surface area contributed by atoms with Crippen LogP contribution < -0.4 is 0 Å². The Balaban J connectivity index is 4.27. The number of rotatable bonds is 42. The molecule has 0 aromatic heterocycles. The van der Waals surface area contributed by atoms with Crippen molar-refractivity contribution < 1.29 is 38.2 Å². The van der Waals surface area contributed by atoms with Gasteiger partial charge in [0.25, 0.3) is 0 Å². The predicted octanol–water partition coefficient (Wildman–Crippen LogP) is 13.0. The lowest BCUT2D eigenvalue weighted by Crippen LogP contribution is -2.50. The van der Waals surface area contributed by atoms with Gasteiger partial charge in [-0.3, -0.25) is 9.59 Å². The first-order chi connectivity index (χ1) is 27.6. The Labute approximate surface area is 351 Å². The summed E-state index contributed by atoms with van der Waals surface area (Å²) in [6, 6.07) is -0.613. The summed E-state index contributed by atoms with van der Waals surface area (Å²) in [6.07, 6.45) is 46.1. The minimum atomic E-state index is -0.874. The Hall–Kier alpha value is -2.45. The molecule has 8 nitrogen and oxygen atoms in total. The summed E-state index contributed by atoms with van der Waals surface area (Å²) in [7, 11) is 5.53. The summed E-state index contributed by atoms with van der Waals surface area (Å²) < 4.78 is 17.3. The van der Waals surface area contributed by atoms with Gasteiger partial charge in [-0.25, -0.2) is 4.79 Å². The van der Waals surface area contributed by atoms with Gasteiger partial charge in [0.15, 0.2) is 12.1 Å². The molecule has 2 unspecified atom stereocenters. The van der Waals surface area contributed by atoms with Crippen molar-refractivity contribution in [2.75, 3.05) is 41.0 Å². The zero-order chi connectivity index (χ0) is 42.1. The van der Waals surface area contributed by atoms with E-state index in [1.165, 1.54) is 116 Å². The number of carbonyl (C=O) groups is 3. The monoisotopic (exact) mass is 805 g/mol. The molecular weight excluding hydrogens is 715 g/mol. The molecule has 0 aromatic rings. The number of ether oxygens (including phenoxy) is 3. The number of hydrogen-bond donors (Lipinski definition) is 1. The lowest BCUT2D eigenvalue weighted by Gasteiger charge is -2.31. The van der Waals surface area contributed by atoms with E-state index in [4.69, 9.17) is 14.2 Å². The maximum absolute atomic E-state index is 12.8. The van der Waals surface area contributed by atoms with E-state index in [9.17, 15) is 19.5 Å². The number of carboxylic acid groups (broad SMARTS) is 1. The van der Waals surface area contributed by atoms with Crippen LogP contribution in [0.25, 0.3) is 0 Å². The molecule has 0 aliphatic heterocycles. The molecule has 0 heterocycles. The molecule has 332 valence electrons. The zero-order valence-corrected chi connectivity index (χ0v) is 37.8. The van der Waals surface area contributed by atoms with E-state index >= 15 is 0 Å². The maximum atomic E-state index is 12.8. The van der Waals surface area contributed by atoms with Crippen LogP contribution in [0.3, 0.4) is 0 Å². The van der Waals surface area contributed by atoms with Gasteiger partial charge in [0.2, 0.25) is 0 Å². The van der Waals surface area contributed by atoms with Crippen LogP contribution in [0.5, 0.6) is 0 Å². The number of hydrogen-bond acceptors (Lipinski definition) is 6. The molecule has 0 spiro atoms. The van der Waals surface area contributed by atoms with Crippen molar-refractivity contribution in [1.82, 2.24) is 0 Å². The Morgan fingerprint density at radius 2 is 0.982 bits per heavy atom. The van der Waals surface area contributed by atoms with Crippen molar-refractivity contribution in [3.05, 3.63) is 36.5 Å². The number of carbonyl (C=O) groups excluding carboxylic acids is 2. The summed E-state index contributed by atoms with van der Waals surface area (Å²) >= 11 is 0. The van der Waals surface area contributed by atoms with Crippen molar-refractivity contribution in [3.8, 4) is 0 Å². The van der Waals surface area contributed by atoms with E-state index in [-0.39, 0.29) is 36.2 Å². The minimum absolute atomic E-state index is 0.0492. The van der Waals surface area contributed by atoms with Crippen molar-refractivity contribution >= 4 is 17.9 Å². The highest BCUT2D eigenvalue weighted by atomic mass is 16.6. The standard InChI is InChI=1S/C49H89NO7/c1-6-8-10-12-14-16-18-20-21-22-23-24-25-26-28-30-32-34-36-38-40-48(52)57-45(43-55-42-41-46(49(53)54)50(3,4)5)44-56-47(51)39-37-35-33-31-29-27-19-17-15-13-11-9-7-2/h8,10,14,16,20-21,45-46H,6-7,9,11-13,15,17-19,22-44H2,1-5H3/p+1/b10-8+,16-14+,21-20+. The van der Waals surface area contributed by atoms with Gasteiger partial charge in [0.05, 0.1) is 34.4 Å². The van der Waals surface area contributed by atoms with Crippen LogP contribution in [0.15, 0.2) is 36.5 Å². The average Bonchev–Trinajstić information content (AvgIpc) is 3.17. The molecule has 0 aliphatic carbocycles. The maximum Gasteiger partial charge on any atom is 0.362 e. The summed E-state index contributed by atoms with van der Waals surface area (Å²) in [5.41, 5.74) is 0. The van der Waals surface area contributed by atoms with Gasteiger partial charge in [-0.1, -0.05) is 179 Å². The van der Waals surface area contributed by atoms with Crippen molar-refractivity contribution in [1.29, 1.82) is 0 Å². The molecule has 0 saturated heterocycles. The van der Waals surface area contributed by atoms with E-state index in [1.54, 1.807) is 0 Å². The molecule has 8 heteroatoms. The molecule has 1 N–H and O–H groups in total. The Kier molecular flexibility index (Phi) is 38.6. The number of quaternary nitrogens is 1. The van der Waals surface area contributed by atoms with Crippen LogP contribution in [-0.4, -0.2) is 80.6 Å². The number of allylic oxidation sites excluding steroid dienone is 6. The molecular formula is C49H90NO7+. The van der Waals surface area contributed by atoms with Gasteiger partial charge in [0.1, 0.15) is 6.61 Å². The number of carboxylic acids is 1. The van der Waals surface area contributed by atoms with E-state index in [0.717, 1.165) is 57.8 Å². The van der Waals surface area contributed by atoms with E-state index in [2.05, 4.69) is 50.3 Å².